The molecule has 2 nitrogen and oxygen atoms in total. The predicted octanol–water partition coefficient (Wildman–Crippen LogP) is 1.67. The summed E-state index contributed by atoms with van der Waals surface area (Å²) in [5.41, 5.74) is 0. The second-order valence-corrected chi connectivity index (χ2v) is 4.50. The normalized spacial score (nSPS) is 23.3. The lowest BCUT2D eigenvalue weighted by molar-refractivity contribution is 0.137. The quantitative estimate of drug-likeness (QED) is 0.656. The lowest BCUT2D eigenvalue weighted by Gasteiger charge is -2.33. The molecule has 0 radical (unpaired) electrons. The number of piperazine rings is 1. The maximum absolute atomic E-state index is 2.61. The van der Waals surface area contributed by atoms with E-state index in [1.165, 1.54) is 45.6 Å². The van der Waals surface area contributed by atoms with Crippen molar-refractivity contribution in [1.82, 2.24) is 9.80 Å². The van der Waals surface area contributed by atoms with E-state index in [1.54, 1.807) is 0 Å². The van der Waals surface area contributed by atoms with Gasteiger partial charge in [0.1, 0.15) is 0 Å². The third-order valence-corrected chi connectivity index (χ3v) is 2.95. The summed E-state index contributed by atoms with van der Waals surface area (Å²) in [4.78, 5) is 5.03. The van der Waals surface area contributed by atoms with Crippen molar-refractivity contribution in [3.63, 3.8) is 0 Å². The molecule has 0 saturated carbocycles. The summed E-state index contributed by atoms with van der Waals surface area (Å²) in [6.07, 6.45) is 2.71. The minimum atomic E-state index is 0.883. The number of nitrogens with zero attached hydrogens (tertiary/aromatic N) is 2. The Labute approximate surface area is 82.9 Å². The van der Waals surface area contributed by atoms with Gasteiger partial charge in [0.2, 0.25) is 0 Å². The number of rotatable bonds is 4. The lowest BCUT2D eigenvalue weighted by atomic mass is 10.1. The highest BCUT2D eigenvalue weighted by Crippen LogP contribution is 2.09. The second-order valence-electron chi connectivity index (χ2n) is 4.50. The van der Waals surface area contributed by atoms with Crippen molar-refractivity contribution in [3.8, 4) is 0 Å². The maximum atomic E-state index is 2.61. The largest absolute Gasteiger partial charge is 0.304 e. The zero-order valence-corrected chi connectivity index (χ0v) is 9.42. The molecule has 78 valence electrons. The van der Waals surface area contributed by atoms with Crippen LogP contribution in [0.5, 0.6) is 0 Å². The first-order valence-electron chi connectivity index (χ1n) is 5.63. The SMILES string of the molecule is CCCC(C)CN1CCN(C)CC1. The average Bonchev–Trinajstić information content (AvgIpc) is 2.09. The van der Waals surface area contributed by atoms with E-state index < -0.39 is 0 Å². The van der Waals surface area contributed by atoms with Crippen molar-refractivity contribution in [3.05, 3.63) is 0 Å². The molecular weight excluding hydrogens is 160 g/mol. The van der Waals surface area contributed by atoms with E-state index >= 15 is 0 Å². The molecule has 1 atom stereocenters. The minimum Gasteiger partial charge on any atom is -0.304 e. The Morgan fingerprint density at radius 3 is 2.31 bits per heavy atom. The number of hydrogen-bond donors (Lipinski definition) is 0. The van der Waals surface area contributed by atoms with Crippen molar-refractivity contribution in [2.45, 2.75) is 26.7 Å². The Balaban J connectivity index is 2.14. The fraction of sp³-hybridized carbons (Fsp3) is 1.00. The van der Waals surface area contributed by atoms with Crippen LogP contribution in [-0.2, 0) is 0 Å². The Hall–Kier alpha value is -0.0800. The summed E-state index contributed by atoms with van der Waals surface area (Å²) in [6.45, 7) is 11.0. The Bertz CT molecular complexity index is 128. The monoisotopic (exact) mass is 184 g/mol. The van der Waals surface area contributed by atoms with Gasteiger partial charge in [0.15, 0.2) is 0 Å². The molecule has 13 heavy (non-hydrogen) atoms. The van der Waals surface area contributed by atoms with Crippen LogP contribution < -0.4 is 0 Å². The van der Waals surface area contributed by atoms with E-state index in [0.29, 0.717) is 0 Å². The van der Waals surface area contributed by atoms with Crippen LogP contribution in [0, 0.1) is 5.92 Å². The lowest BCUT2D eigenvalue weighted by Crippen LogP contribution is -2.45. The van der Waals surface area contributed by atoms with Gasteiger partial charge in [-0.05, 0) is 19.4 Å². The Morgan fingerprint density at radius 1 is 1.15 bits per heavy atom. The molecule has 0 spiro atoms. The van der Waals surface area contributed by atoms with Gasteiger partial charge in [-0.25, -0.2) is 0 Å². The molecule has 0 aromatic heterocycles. The van der Waals surface area contributed by atoms with Gasteiger partial charge in [0, 0.05) is 32.7 Å². The first kappa shape index (κ1) is 11.0. The highest BCUT2D eigenvalue weighted by atomic mass is 15.2. The Morgan fingerprint density at radius 2 is 1.77 bits per heavy atom. The molecule has 1 saturated heterocycles. The highest BCUT2D eigenvalue weighted by Gasteiger charge is 2.15. The summed E-state index contributed by atoms with van der Waals surface area (Å²) in [5.74, 6) is 0.883. The van der Waals surface area contributed by atoms with E-state index in [9.17, 15) is 0 Å². The summed E-state index contributed by atoms with van der Waals surface area (Å²) in [6, 6.07) is 0. The molecule has 1 fully saturated rings. The van der Waals surface area contributed by atoms with Gasteiger partial charge in [-0.3, -0.25) is 0 Å². The first-order valence-corrected chi connectivity index (χ1v) is 5.63. The molecule has 1 aliphatic rings. The van der Waals surface area contributed by atoms with Gasteiger partial charge in [-0.1, -0.05) is 20.3 Å². The summed E-state index contributed by atoms with van der Waals surface area (Å²) in [5, 5.41) is 0. The Kier molecular flexibility index (Phi) is 4.74. The highest BCUT2D eigenvalue weighted by molar-refractivity contribution is 4.70. The predicted molar refractivity (Wildman–Crippen MR) is 58.0 cm³/mol. The standard InChI is InChI=1S/C11H24N2/c1-4-5-11(2)10-13-8-6-12(3)7-9-13/h11H,4-10H2,1-3H3. The van der Waals surface area contributed by atoms with Crippen molar-refractivity contribution in [2.75, 3.05) is 39.8 Å². The van der Waals surface area contributed by atoms with E-state index in [0.717, 1.165) is 5.92 Å². The number of hydrogen-bond acceptors (Lipinski definition) is 2. The first-order chi connectivity index (χ1) is 6.22. The summed E-state index contributed by atoms with van der Waals surface area (Å²) < 4.78 is 0. The third-order valence-electron chi connectivity index (χ3n) is 2.95. The van der Waals surface area contributed by atoms with Crippen LogP contribution in [0.2, 0.25) is 0 Å². The molecule has 1 heterocycles. The van der Waals surface area contributed by atoms with E-state index in [1.807, 2.05) is 0 Å². The van der Waals surface area contributed by atoms with Crippen molar-refractivity contribution < 1.29 is 0 Å². The van der Waals surface area contributed by atoms with Crippen LogP contribution >= 0.6 is 0 Å². The maximum Gasteiger partial charge on any atom is 0.0110 e. The number of likely N-dealkylation sites (N-methyl/N-ethyl adjacent to an activating group) is 1. The van der Waals surface area contributed by atoms with E-state index in [-0.39, 0.29) is 0 Å². The van der Waals surface area contributed by atoms with E-state index in [4.69, 9.17) is 0 Å². The van der Waals surface area contributed by atoms with Gasteiger partial charge in [-0.2, -0.15) is 0 Å². The molecule has 0 N–H and O–H groups in total. The second kappa shape index (κ2) is 5.61. The van der Waals surface area contributed by atoms with Crippen LogP contribution in [-0.4, -0.2) is 49.6 Å². The van der Waals surface area contributed by atoms with Crippen LogP contribution in [0.4, 0.5) is 0 Å². The van der Waals surface area contributed by atoms with Gasteiger partial charge < -0.3 is 9.80 Å². The fourth-order valence-electron chi connectivity index (χ4n) is 2.06. The molecular formula is C11H24N2. The van der Waals surface area contributed by atoms with Gasteiger partial charge in [-0.15, -0.1) is 0 Å². The van der Waals surface area contributed by atoms with Gasteiger partial charge in [0.25, 0.3) is 0 Å². The van der Waals surface area contributed by atoms with Crippen LogP contribution in [0.3, 0.4) is 0 Å². The smallest absolute Gasteiger partial charge is 0.0110 e. The zero-order valence-electron chi connectivity index (χ0n) is 9.42. The van der Waals surface area contributed by atoms with Crippen molar-refractivity contribution >= 4 is 0 Å². The molecule has 0 aromatic rings. The molecule has 0 aromatic carbocycles. The van der Waals surface area contributed by atoms with Crippen LogP contribution in [0.15, 0.2) is 0 Å². The van der Waals surface area contributed by atoms with Gasteiger partial charge in [0.05, 0.1) is 0 Å². The average molecular weight is 184 g/mol. The molecule has 1 aliphatic heterocycles. The molecule has 0 amide bonds. The fourth-order valence-corrected chi connectivity index (χ4v) is 2.06. The molecule has 1 unspecified atom stereocenters. The summed E-state index contributed by atoms with van der Waals surface area (Å²) >= 11 is 0. The van der Waals surface area contributed by atoms with Crippen molar-refractivity contribution in [1.29, 1.82) is 0 Å². The minimum absolute atomic E-state index is 0.883. The third kappa shape index (κ3) is 4.10. The van der Waals surface area contributed by atoms with E-state index in [2.05, 4.69) is 30.7 Å². The topological polar surface area (TPSA) is 6.48 Å². The zero-order chi connectivity index (χ0) is 9.68. The van der Waals surface area contributed by atoms with Gasteiger partial charge >= 0.3 is 0 Å². The molecule has 0 aliphatic carbocycles. The molecule has 0 bridgehead atoms. The molecule has 1 rings (SSSR count). The van der Waals surface area contributed by atoms with Crippen molar-refractivity contribution in [2.24, 2.45) is 5.92 Å². The summed E-state index contributed by atoms with van der Waals surface area (Å²) in [7, 11) is 2.22. The van der Waals surface area contributed by atoms with Crippen LogP contribution in [0.25, 0.3) is 0 Å². The molecule has 2 heteroatoms. The van der Waals surface area contributed by atoms with Crippen LogP contribution in [0.1, 0.15) is 26.7 Å².